The van der Waals surface area contributed by atoms with Crippen molar-refractivity contribution in [3.8, 4) is 0 Å². The summed E-state index contributed by atoms with van der Waals surface area (Å²) in [5, 5.41) is 15.4. The second-order valence-electron chi connectivity index (χ2n) is 9.75. The average molecular weight is 492 g/mol. The molecule has 0 radical (unpaired) electrons. The molecule has 0 bridgehead atoms. The molecule has 0 aromatic carbocycles. The molecule has 3 N–H and O–H groups in total. The molecule has 3 aliphatic rings. The normalized spacial score (nSPS) is 28.6. The molecule has 2 aliphatic heterocycles. The minimum absolute atomic E-state index is 0.0717. The number of ether oxygens (including phenoxy) is 1. The van der Waals surface area contributed by atoms with Crippen molar-refractivity contribution in [1.82, 2.24) is 15.5 Å². The smallest absolute Gasteiger partial charge is 0.383 e. The molecular weight excluding hydrogens is 459 g/mol. The van der Waals surface area contributed by atoms with E-state index in [-0.39, 0.29) is 30.1 Å². The lowest BCUT2D eigenvalue weighted by Crippen LogP contribution is -2.55. The minimum atomic E-state index is -5.02. The number of nitrogens with one attached hydrogen (secondary N) is 2. The summed E-state index contributed by atoms with van der Waals surface area (Å²) in [5.74, 6) is -3.69. The van der Waals surface area contributed by atoms with Crippen LogP contribution in [0.25, 0.3) is 0 Å². The van der Waals surface area contributed by atoms with E-state index < -0.39 is 54.7 Å². The van der Waals surface area contributed by atoms with Crippen LogP contribution in [0.3, 0.4) is 0 Å². The fraction of sp³-hybridized carbons (Fsp3) is 0.818. The van der Waals surface area contributed by atoms with Crippen LogP contribution in [-0.4, -0.2) is 77.8 Å². The van der Waals surface area contributed by atoms with Gasteiger partial charge in [-0.3, -0.25) is 23.9 Å². The summed E-state index contributed by atoms with van der Waals surface area (Å²) >= 11 is 0. The summed E-state index contributed by atoms with van der Waals surface area (Å²) in [4.78, 5) is 52.2. The molecule has 0 unspecified atom stereocenters. The number of fused-ring (bicyclic) bond motifs is 1. The molecule has 0 aromatic heterocycles. The first-order valence-corrected chi connectivity index (χ1v) is 11.7. The van der Waals surface area contributed by atoms with Gasteiger partial charge in [0, 0.05) is 19.0 Å². The molecule has 3 rings (SSSR count). The van der Waals surface area contributed by atoms with E-state index in [1.54, 1.807) is 13.8 Å². The van der Waals surface area contributed by atoms with Crippen molar-refractivity contribution in [3.05, 3.63) is 0 Å². The summed E-state index contributed by atoms with van der Waals surface area (Å²) in [5.41, 5.74) is 0. The molecule has 0 spiro atoms. The number of hydrogen-bond donors (Lipinski definition) is 3. The van der Waals surface area contributed by atoms with Crippen molar-refractivity contribution in [2.75, 3.05) is 19.7 Å². The van der Waals surface area contributed by atoms with Gasteiger partial charge in [0.05, 0.1) is 6.04 Å². The van der Waals surface area contributed by atoms with Gasteiger partial charge in [-0.2, -0.15) is 0 Å². The lowest BCUT2D eigenvalue weighted by atomic mass is 9.92. The second kappa shape index (κ2) is 10.6. The standard InChI is InChI=1S/C22H32F3N3O6/c1-11(2)18(30)21(33)28-9-13-4-3-5-14(13)17(28)20(32)27-15(8-12-6-7-26-19(12)31)16(29)10-34-22(23,24)25/h11-15,17-18,30H,3-10H2,1-2H3,(H,26,31)(H,27,32)/t12-,13-,14-,15-,17-,18+/m0/s1. The predicted octanol–water partition coefficient (Wildman–Crippen LogP) is 0.747. The van der Waals surface area contributed by atoms with Crippen LogP contribution >= 0.6 is 0 Å². The third-order valence-corrected chi connectivity index (χ3v) is 7.09. The third kappa shape index (κ3) is 6.07. The number of Topliss-reactive ketones (excluding diaryl/α,β-unsaturated/α-hetero) is 1. The zero-order chi connectivity index (χ0) is 25.2. The highest BCUT2D eigenvalue weighted by molar-refractivity contribution is 5.95. The highest BCUT2D eigenvalue weighted by Gasteiger charge is 2.51. The van der Waals surface area contributed by atoms with E-state index >= 15 is 0 Å². The van der Waals surface area contributed by atoms with E-state index in [1.807, 2.05) is 0 Å². The molecule has 3 fully saturated rings. The van der Waals surface area contributed by atoms with Gasteiger partial charge in [-0.05, 0) is 43.4 Å². The Balaban J connectivity index is 1.78. The Hall–Kier alpha value is -2.21. The van der Waals surface area contributed by atoms with Crippen LogP contribution in [0, 0.1) is 23.7 Å². The maximum absolute atomic E-state index is 13.4. The topological polar surface area (TPSA) is 125 Å². The minimum Gasteiger partial charge on any atom is -0.383 e. The zero-order valence-corrected chi connectivity index (χ0v) is 19.3. The van der Waals surface area contributed by atoms with Crippen molar-refractivity contribution in [3.63, 3.8) is 0 Å². The molecule has 34 heavy (non-hydrogen) atoms. The number of halogens is 3. The van der Waals surface area contributed by atoms with Crippen LogP contribution in [0.1, 0.15) is 46.0 Å². The monoisotopic (exact) mass is 491 g/mol. The first-order valence-electron chi connectivity index (χ1n) is 11.7. The van der Waals surface area contributed by atoms with Gasteiger partial charge in [-0.25, -0.2) is 0 Å². The molecule has 1 aliphatic carbocycles. The quantitative estimate of drug-likeness (QED) is 0.437. The number of likely N-dealkylation sites (tertiary alicyclic amines) is 1. The summed E-state index contributed by atoms with van der Waals surface area (Å²) in [6.45, 7) is 2.73. The average Bonchev–Trinajstić information content (AvgIpc) is 3.45. The summed E-state index contributed by atoms with van der Waals surface area (Å²) < 4.78 is 41.1. The number of nitrogens with zero attached hydrogens (tertiary/aromatic N) is 1. The van der Waals surface area contributed by atoms with E-state index in [4.69, 9.17) is 0 Å². The van der Waals surface area contributed by atoms with E-state index in [9.17, 15) is 37.5 Å². The number of carbonyl (C=O) groups is 4. The second-order valence-corrected chi connectivity index (χ2v) is 9.75. The van der Waals surface area contributed by atoms with Gasteiger partial charge in [-0.1, -0.05) is 20.3 Å². The van der Waals surface area contributed by atoms with Crippen molar-refractivity contribution in [2.45, 2.75) is 70.5 Å². The van der Waals surface area contributed by atoms with Gasteiger partial charge in [-0.15, -0.1) is 13.2 Å². The number of ketones is 1. The Morgan fingerprint density at radius 1 is 1.24 bits per heavy atom. The number of amides is 3. The van der Waals surface area contributed by atoms with Crippen LogP contribution in [0.4, 0.5) is 13.2 Å². The summed E-state index contributed by atoms with van der Waals surface area (Å²) in [6.07, 6.45) is -3.72. The molecule has 0 aromatic rings. The summed E-state index contributed by atoms with van der Waals surface area (Å²) in [7, 11) is 0. The molecule has 1 saturated carbocycles. The maximum Gasteiger partial charge on any atom is 0.522 e. The van der Waals surface area contributed by atoms with E-state index in [0.29, 0.717) is 25.9 Å². The highest BCUT2D eigenvalue weighted by Crippen LogP contribution is 2.42. The Kier molecular flexibility index (Phi) is 8.22. The first-order chi connectivity index (χ1) is 15.9. The Morgan fingerprint density at radius 3 is 2.53 bits per heavy atom. The van der Waals surface area contributed by atoms with Crippen LogP contribution in [0.5, 0.6) is 0 Å². The van der Waals surface area contributed by atoms with Gasteiger partial charge < -0.3 is 20.6 Å². The number of alkyl halides is 3. The van der Waals surface area contributed by atoms with Crippen LogP contribution < -0.4 is 10.6 Å². The van der Waals surface area contributed by atoms with E-state index in [0.717, 1.165) is 12.8 Å². The van der Waals surface area contributed by atoms with Crippen LogP contribution in [-0.2, 0) is 23.9 Å². The zero-order valence-electron chi connectivity index (χ0n) is 19.3. The lowest BCUT2D eigenvalue weighted by Gasteiger charge is -2.31. The fourth-order valence-electron chi connectivity index (χ4n) is 5.26. The number of carbonyl (C=O) groups excluding carboxylic acids is 4. The van der Waals surface area contributed by atoms with E-state index in [1.165, 1.54) is 4.90 Å². The van der Waals surface area contributed by atoms with Crippen LogP contribution in [0.15, 0.2) is 0 Å². The number of aliphatic hydroxyl groups excluding tert-OH is 1. The summed E-state index contributed by atoms with van der Waals surface area (Å²) in [6, 6.07) is -2.32. The van der Waals surface area contributed by atoms with Gasteiger partial charge in [0.1, 0.15) is 18.8 Å². The molecule has 3 amide bonds. The molecule has 2 saturated heterocycles. The largest absolute Gasteiger partial charge is 0.522 e. The van der Waals surface area contributed by atoms with Gasteiger partial charge in [0.15, 0.2) is 5.78 Å². The third-order valence-electron chi connectivity index (χ3n) is 7.09. The van der Waals surface area contributed by atoms with Crippen molar-refractivity contribution >= 4 is 23.5 Å². The Labute approximate surface area is 195 Å². The Bertz CT molecular complexity index is 805. The molecule has 6 atom stereocenters. The van der Waals surface area contributed by atoms with Gasteiger partial charge in [0.2, 0.25) is 11.8 Å². The number of hydrogen-bond acceptors (Lipinski definition) is 6. The first kappa shape index (κ1) is 26.4. The maximum atomic E-state index is 13.4. The fourth-order valence-corrected chi connectivity index (χ4v) is 5.26. The van der Waals surface area contributed by atoms with Crippen molar-refractivity contribution in [2.24, 2.45) is 23.7 Å². The highest BCUT2D eigenvalue weighted by atomic mass is 19.4. The molecule has 12 heteroatoms. The van der Waals surface area contributed by atoms with E-state index in [2.05, 4.69) is 15.4 Å². The molecule has 9 nitrogen and oxygen atoms in total. The Morgan fingerprint density at radius 2 is 1.94 bits per heavy atom. The van der Waals surface area contributed by atoms with Gasteiger partial charge in [0.25, 0.3) is 5.91 Å². The molecular formula is C22H32F3N3O6. The number of aliphatic hydroxyl groups is 1. The predicted molar refractivity (Wildman–Crippen MR) is 112 cm³/mol. The van der Waals surface area contributed by atoms with Crippen molar-refractivity contribution in [1.29, 1.82) is 0 Å². The molecule has 2 heterocycles. The number of rotatable bonds is 9. The van der Waals surface area contributed by atoms with Gasteiger partial charge >= 0.3 is 6.36 Å². The SMILES string of the molecule is CC(C)[C@@H](O)C(=O)N1C[C@@H]2CCC[C@@H]2[C@H]1C(=O)N[C@@H](C[C@@H]1CCNC1=O)C(=O)COC(F)(F)F. The lowest BCUT2D eigenvalue weighted by molar-refractivity contribution is -0.321. The van der Waals surface area contributed by atoms with Crippen LogP contribution in [0.2, 0.25) is 0 Å². The molecule has 192 valence electrons. The van der Waals surface area contributed by atoms with Crippen molar-refractivity contribution < 1.29 is 42.2 Å².